The fourth-order valence-corrected chi connectivity index (χ4v) is 1.99. The first-order valence-electron chi connectivity index (χ1n) is 6.69. The summed E-state index contributed by atoms with van der Waals surface area (Å²) in [6.07, 6.45) is -0.0535. The zero-order valence-electron chi connectivity index (χ0n) is 13.1. The Morgan fingerprint density at radius 3 is 2.30 bits per heavy atom. The molecule has 1 amide bonds. The Bertz CT molecular complexity index is 589. The van der Waals surface area contributed by atoms with Gasteiger partial charge >= 0.3 is 11.9 Å². The molecule has 0 atom stereocenters. The van der Waals surface area contributed by atoms with Crippen molar-refractivity contribution in [2.24, 2.45) is 0 Å². The monoisotopic (exact) mass is 343 g/mol. The molecule has 1 aromatic rings. The van der Waals surface area contributed by atoms with E-state index in [4.69, 9.17) is 16.3 Å². The van der Waals surface area contributed by atoms with Crippen molar-refractivity contribution in [1.82, 2.24) is 4.90 Å². The van der Waals surface area contributed by atoms with Gasteiger partial charge in [-0.15, -0.1) is 0 Å². The predicted molar refractivity (Wildman–Crippen MR) is 82.6 cm³/mol. The van der Waals surface area contributed by atoms with Gasteiger partial charge in [0, 0.05) is 11.6 Å². The van der Waals surface area contributed by atoms with E-state index in [1.54, 1.807) is 12.1 Å². The average Bonchev–Trinajstić information content (AvgIpc) is 2.57. The van der Waals surface area contributed by atoms with Crippen LogP contribution in [0.3, 0.4) is 0 Å². The molecule has 0 bridgehead atoms. The van der Waals surface area contributed by atoms with Crippen LogP contribution in [0.1, 0.15) is 16.8 Å². The van der Waals surface area contributed by atoms with Crippen molar-refractivity contribution in [1.29, 1.82) is 0 Å². The van der Waals surface area contributed by atoms with Gasteiger partial charge in [-0.25, -0.2) is 0 Å². The molecule has 1 rings (SSSR count). The van der Waals surface area contributed by atoms with Crippen LogP contribution >= 0.6 is 11.6 Å². The molecule has 0 aliphatic rings. The second-order valence-corrected chi connectivity index (χ2v) is 4.91. The van der Waals surface area contributed by atoms with E-state index in [-0.39, 0.29) is 25.1 Å². The maximum atomic E-state index is 12.7. The van der Waals surface area contributed by atoms with E-state index in [2.05, 4.69) is 9.47 Å². The lowest BCUT2D eigenvalue weighted by atomic mass is 10.1. The third-order valence-corrected chi connectivity index (χ3v) is 3.28. The van der Waals surface area contributed by atoms with Gasteiger partial charge in [0.25, 0.3) is 5.91 Å². The van der Waals surface area contributed by atoms with Gasteiger partial charge in [0.15, 0.2) is 0 Å². The number of nitrogens with zero attached hydrogens (tertiary/aromatic N) is 1. The molecule has 0 saturated carbocycles. The van der Waals surface area contributed by atoms with Gasteiger partial charge in [-0.2, -0.15) is 0 Å². The van der Waals surface area contributed by atoms with E-state index in [1.165, 1.54) is 32.3 Å². The molecule has 0 fully saturated rings. The fourth-order valence-electron chi connectivity index (χ4n) is 1.82. The maximum absolute atomic E-state index is 12.7. The number of methoxy groups -OCH3 is 3. The normalized spacial score (nSPS) is 9.91. The number of hydrogen-bond acceptors (Lipinski definition) is 6. The van der Waals surface area contributed by atoms with Crippen LogP contribution in [0.4, 0.5) is 0 Å². The lowest BCUT2D eigenvalue weighted by Crippen LogP contribution is -2.38. The summed E-state index contributed by atoms with van der Waals surface area (Å²) >= 11 is 5.91. The molecule has 23 heavy (non-hydrogen) atoms. The minimum Gasteiger partial charge on any atom is -0.496 e. The highest BCUT2D eigenvalue weighted by atomic mass is 35.5. The summed E-state index contributed by atoms with van der Waals surface area (Å²) in [5, 5.41) is 0.347. The van der Waals surface area contributed by atoms with Crippen LogP contribution in [0.25, 0.3) is 0 Å². The van der Waals surface area contributed by atoms with Crippen LogP contribution in [-0.2, 0) is 19.1 Å². The quantitative estimate of drug-likeness (QED) is 0.698. The number of halogens is 1. The number of ether oxygens (including phenoxy) is 3. The van der Waals surface area contributed by atoms with Crippen LogP contribution in [0.2, 0.25) is 5.02 Å². The van der Waals surface area contributed by atoms with E-state index in [1.807, 2.05) is 0 Å². The number of hydrogen-bond donors (Lipinski definition) is 0. The van der Waals surface area contributed by atoms with Gasteiger partial charge in [0.2, 0.25) is 0 Å². The number of carbonyl (C=O) groups excluding carboxylic acids is 3. The fraction of sp³-hybridized carbons (Fsp3) is 0.400. The van der Waals surface area contributed by atoms with Crippen LogP contribution < -0.4 is 4.74 Å². The molecule has 7 nitrogen and oxygen atoms in total. The van der Waals surface area contributed by atoms with E-state index in [0.717, 1.165) is 0 Å². The van der Waals surface area contributed by atoms with Gasteiger partial charge < -0.3 is 19.1 Å². The molecule has 0 radical (unpaired) electrons. The minimum atomic E-state index is -0.607. The number of esters is 2. The molecule has 0 aliphatic heterocycles. The summed E-state index contributed by atoms with van der Waals surface area (Å²) in [6, 6.07) is 4.56. The largest absolute Gasteiger partial charge is 0.496 e. The van der Waals surface area contributed by atoms with Gasteiger partial charge in [-0.05, 0) is 18.2 Å². The lowest BCUT2D eigenvalue weighted by Gasteiger charge is -2.22. The second-order valence-electron chi connectivity index (χ2n) is 4.47. The maximum Gasteiger partial charge on any atom is 0.325 e. The Morgan fingerprint density at radius 2 is 1.74 bits per heavy atom. The Morgan fingerprint density at radius 1 is 1.09 bits per heavy atom. The summed E-state index contributed by atoms with van der Waals surface area (Å²) in [5.74, 6) is -1.29. The number of carbonyl (C=O) groups is 3. The predicted octanol–water partition coefficient (Wildman–Crippen LogP) is 1.53. The van der Waals surface area contributed by atoms with E-state index >= 15 is 0 Å². The molecule has 1 aromatic carbocycles. The number of benzene rings is 1. The van der Waals surface area contributed by atoms with E-state index < -0.39 is 17.8 Å². The Balaban J connectivity index is 3.04. The molecule has 0 aromatic heterocycles. The molecule has 126 valence electrons. The summed E-state index contributed by atoms with van der Waals surface area (Å²) in [6.45, 7) is -0.307. The highest BCUT2D eigenvalue weighted by molar-refractivity contribution is 6.31. The Kier molecular flexibility index (Phi) is 7.34. The summed E-state index contributed by atoms with van der Waals surface area (Å²) in [7, 11) is 3.87. The molecule has 8 heteroatoms. The van der Waals surface area contributed by atoms with Crippen molar-refractivity contribution in [3.63, 3.8) is 0 Å². The smallest absolute Gasteiger partial charge is 0.325 e. The first-order valence-corrected chi connectivity index (χ1v) is 7.07. The molecule has 0 saturated heterocycles. The van der Waals surface area contributed by atoms with Crippen LogP contribution in [0.5, 0.6) is 5.75 Å². The third-order valence-electron chi connectivity index (χ3n) is 3.04. The second kappa shape index (κ2) is 8.99. The zero-order chi connectivity index (χ0) is 17.4. The van der Waals surface area contributed by atoms with Gasteiger partial charge in [-0.3, -0.25) is 14.4 Å². The minimum absolute atomic E-state index is 0.00370. The van der Waals surface area contributed by atoms with Crippen molar-refractivity contribution >= 4 is 29.4 Å². The molecule has 0 N–H and O–H groups in total. The average molecular weight is 344 g/mol. The van der Waals surface area contributed by atoms with Crippen molar-refractivity contribution in [3.05, 3.63) is 28.8 Å². The molecular weight excluding hydrogens is 326 g/mol. The molecular formula is C15H18ClNO6. The van der Waals surface area contributed by atoms with E-state index in [9.17, 15) is 14.4 Å². The molecule has 0 aliphatic carbocycles. The van der Waals surface area contributed by atoms with Crippen molar-refractivity contribution < 1.29 is 28.6 Å². The first-order chi connectivity index (χ1) is 10.9. The zero-order valence-corrected chi connectivity index (χ0v) is 13.9. The molecule has 0 unspecified atom stereocenters. The van der Waals surface area contributed by atoms with Crippen molar-refractivity contribution in [3.8, 4) is 5.75 Å². The molecule has 0 spiro atoms. The van der Waals surface area contributed by atoms with Gasteiger partial charge in [0.1, 0.15) is 12.3 Å². The van der Waals surface area contributed by atoms with Gasteiger partial charge in [0.05, 0.1) is 33.3 Å². The van der Waals surface area contributed by atoms with Crippen LogP contribution in [0, 0.1) is 0 Å². The SMILES string of the molecule is COC(=O)CCN(CC(=O)OC)C(=O)c1cc(Cl)ccc1OC. The highest BCUT2D eigenvalue weighted by Crippen LogP contribution is 2.24. The Hall–Kier alpha value is -2.28. The summed E-state index contributed by atoms with van der Waals surface area (Å²) in [5.41, 5.74) is 0.189. The van der Waals surface area contributed by atoms with Crippen LogP contribution in [-0.4, -0.2) is 57.2 Å². The van der Waals surface area contributed by atoms with Crippen molar-refractivity contribution in [2.75, 3.05) is 34.4 Å². The topological polar surface area (TPSA) is 82.1 Å². The van der Waals surface area contributed by atoms with Gasteiger partial charge in [-0.1, -0.05) is 11.6 Å². The molecule has 0 heterocycles. The number of rotatable bonds is 7. The summed E-state index contributed by atoms with van der Waals surface area (Å²) in [4.78, 5) is 36.6. The van der Waals surface area contributed by atoms with Crippen LogP contribution in [0.15, 0.2) is 18.2 Å². The third kappa shape index (κ3) is 5.45. The summed E-state index contributed by atoms with van der Waals surface area (Å²) < 4.78 is 14.3. The highest BCUT2D eigenvalue weighted by Gasteiger charge is 2.23. The Labute approximate surface area is 139 Å². The van der Waals surface area contributed by atoms with Crippen molar-refractivity contribution in [2.45, 2.75) is 6.42 Å². The standard InChI is InChI=1S/C15H18ClNO6/c1-21-12-5-4-10(16)8-11(12)15(20)17(9-14(19)23-3)7-6-13(18)22-2/h4-5,8H,6-7,9H2,1-3H3. The number of amides is 1. The first kappa shape index (κ1) is 18.8. The lowest BCUT2D eigenvalue weighted by molar-refractivity contribution is -0.143. The van der Waals surface area contributed by atoms with E-state index in [0.29, 0.717) is 10.8 Å².